The molecule has 1 heterocycles. The van der Waals surface area contributed by atoms with Crippen LogP contribution in [0.25, 0.3) is 0 Å². The summed E-state index contributed by atoms with van der Waals surface area (Å²) in [7, 11) is 0. The lowest BCUT2D eigenvalue weighted by Gasteiger charge is -2.16. The van der Waals surface area contributed by atoms with Gasteiger partial charge in [-0.05, 0) is 53.7 Å². The third-order valence-corrected chi connectivity index (χ3v) is 4.92. The van der Waals surface area contributed by atoms with Gasteiger partial charge in [-0.3, -0.25) is 4.68 Å². The Morgan fingerprint density at radius 2 is 1.76 bits per heavy atom. The van der Waals surface area contributed by atoms with E-state index in [0.29, 0.717) is 0 Å². The molecule has 2 rings (SSSR count). The summed E-state index contributed by atoms with van der Waals surface area (Å²) < 4.78 is 3.18. The number of nitrogens with zero attached hydrogens (tertiary/aromatic N) is 2. The van der Waals surface area contributed by atoms with Crippen molar-refractivity contribution in [2.75, 3.05) is 5.32 Å². The SMILES string of the molecule is CCc1cccc(CC)c1NCc1c(Br)c(C)nn1CC. The average molecular weight is 350 g/mol. The molecule has 0 bridgehead atoms. The lowest BCUT2D eigenvalue weighted by molar-refractivity contribution is 0.622. The van der Waals surface area contributed by atoms with Crippen molar-refractivity contribution in [3.8, 4) is 0 Å². The number of hydrogen-bond acceptors (Lipinski definition) is 2. The van der Waals surface area contributed by atoms with Gasteiger partial charge in [0.1, 0.15) is 0 Å². The highest BCUT2D eigenvalue weighted by Crippen LogP contribution is 2.26. The largest absolute Gasteiger partial charge is 0.379 e. The minimum atomic E-state index is 0.791. The normalized spacial score (nSPS) is 10.9. The van der Waals surface area contributed by atoms with Crippen molar-refractivity contribution in [3.05, 3.63) is 45.2 Å². The van der Waals surface area contributed by atoms with E-state index in [9.17, 15) is 0 Å². The Hall–Kier alpha value is -1.29. The molecule has 4 heteroatoms. The number of nitrogens with one attached hydrogen (secondary N) is 1. The number of hydrogen-bond donors (Lipinski definition) is 1. The lowest BCUT2D eigenvalue weighted by Crippen LogP contribution is -2.10. The molecule has 0 unspecified atom stereocenters. The van der Waals surface area contributed by atoms with E-state index in [2.05, 4.69) is 70.0 Å². The summed E-state index contributed by atoms with van der Waals surface area (Å²) in [5.74, 6) is 0. The second-order valence-electron chi connectivity index (χ2n) is 5.17. The second-order valence-corrected chi connectivity index (χ2v) is 5.97. The molecule has 114 valence electrons. The van der Waals surface area contributed by atoms with Crippen molar-refractivity contribution >= 4 is 21.6 Å². The van der Waals surface area contributed by atoms with E-state index in [1.807, 2.05) is 6.92 Å². The van der Waals surface area contributed by atoms with E-state index >= 15 is 0 Å². The molecule has 0 aliphatic heterocycles. The average Bonchev–Trinajstić information content (AvgIpc) is 2.79. The maximum Gasteiger partial charge on any atom is 0.0739 e. The van der Waals surface area contributed by atoms with E-state index in [-0.39, 0.29) is 0 Å². The number of aryl methyl sites for hydroxylation is 4. The van der Waals surface area contributed by atoms with Crippen LogP contribution in [0.2, 0.25) is 0 Å². The number of halogens is 1. The first-order chi connectivity index (χ1) is 10.1. The summed E-state index contributed by atoms with van der Waals surface area (Å²) in [6, 6.07) is 6.57. The van der Waals surface area contributed by atoms with Gasteiger partial charge < -0.3 is 5.32 Å². The molecule has 0 saturated carbocycles. The van der Waals surface area contributed by atoms with Crippen LogP contribution in [0.5, 0.6) is 0 Å². The molecule has 0 spiro atoms. The van der Waals surface area contributed by atoms with Crippen molar-refractivity contribution in [1.82, 2.24) is 9.78 Å². The van der Waals surface area contributed by atoms with Gasteiger partial charge in [0, 0.05) is 12.2 Å². The molecule has 2 aromatic rings. The molecule has 0 aliphatic rings. The van der Waals surface area contributed by atoms with Crippen LogP contribution >= 0.6 is 15.9 Å². The number of benzene rings is 1. The summed E-state index contributed by atoms with van der Waals surface area (Å²) in [5, 5.41) is 8.19. The first kappa shape index (κ1) is 16.1. The first-order valence-electron chi connectivity index (χ1n) is 7.68. The van der Waals surface area contributed by atoms with Crippen LogP contribution in [0, 0.1) is 6.92 Å². The van der Waals surface area contributed by atoms with Gasteiger partial charge in [0.05, 0.1) is 22.4 Å². The summed E-state index contributed by atoms with van der Waals surface area (Å²) in [6.07, 6.45) is 2.09. The fourth-order valence-corrected chi connectivity index (χ4v) is 3.10. The molecule has 0 saturated heterocycles. The molecule has 1 N–H and O–H groups in total. The Balaban J connectivity index is 2.28. The quantitative estimate of drug-likeness (QED) is 0.818. The molecule has 1 aromatic carbocycles. The van der Waals surface area contributed by atoms with Crippen molar-refractivity contribution in [2.24, 2.45) is 0 Å². The summed E-state index contributed by atoms with van der Waals surface area (Å²) in [6.45, 7) is 10.3. The number of para-hydroxylation sites is 1. The van der Waals surface area contributed by atoms with Crippen LogP contribution in [0.3, 0.4) is 0 Å². The minimum absolute atomic E-state index is 0.791. The molecule has 21 heavy (non-hydrogen) atoms. The van der Waals surface area contributed by atoms with Crippen LogP contribution in [-0.4, -0.2) is 9.78 Å². The van der Waals surface area contributed by atoms with E-state index < -0.39 is 0 Å². The van der Waals surface area contributed by atoms with E-state index in [4.69, 9.17) is 0 Å². The van der Waals surface area contributed by atoms with Gasteiger partial charge in [0.25, 0.3) is 0 Å². The Morgan fingerprint density at radius 1 is 1.14 bits per heavy atom. The summed E-state index contributed by atoms with van der Waals surface area (Å²) in [4.78, 5) is 0. The highest BCUT2D eigenvalue weighted by atomic mass is 79.9. The Kier molecular flexibility index (Phi) is 5.45. The maximum atomic E-state index is 4.56. The number of rotatable bonds is 6. The molecular weight excluding hydrogens is 326 g/mol. The van der Waals surface area contributed by atoms with E-state index in [1.54, 1.807) is 0 Å². The predicted octanol–water partition coefficient (Wildman–Crippen LogP) is 4.71. The Bertz CT molecular complexity index is 594. The molecular formula is C17H24BrN3. The molecule has 0 fully saturated rings. The Morgan fingerprint density at radius 3 is 2.29 bits per heavy atom. The molecule has 0 aliphatic carbocycles. The zero-order valence-corrected chi connectivity index (χ0v) is 14.9. The van der Waals surface area contributed by atoms with Crippen LogP contribution in [0.4, 0.5) is 5.69 Å². The number of aromatic nitrogens is 2. The second kappa shape index (κ2) is 7.12. The smallest absolute Gasteiger partial charge is 0.0739 e. The van der Waals surface area contributed by atoms with Crippen molar-refractivity contribution in [2.45, 2.75) is 53.6 Å². The van der Waals surface area contributed by atoms with Gasteiger partial charge in [0.15, 0.2) is 0 Å². The number of anilines is 1. The molecule has 0 amide bonds. The summed E-state index contributed by atoms with van der Waals surface area (Å²) >= 11 is 3.66. The monoisotopic (exact) mass is 349 g/mol. The van der Waals surface area contributed by atoms with Gasteiger partial charge in [-0.2, -0.15) is 5.10 Å². The highest BCUT2D eigenvalue weighted by Gasteiger charge is 2.13. The van der Waals surface area contributed by atoms with Gasteiger partial charge in [-0.1, -0.05) is 32.0 Å². The van der Waals surface area contributed by atoms with Crippen molar-refractivity contribution < 1.29 is 0 Å². The van der Waals surface area contributed by atoms with E-state index in [0.717, 1.165) is 36.1 Å². The van der Waals surface area contributed by atoms with Crippen LogP contribution in [-0.2, 0) is 25.9 Å². The van der Waals surface area contributed by atoms with Crippen LogP contribution in [0.15, 0.2) is 22.7 Å². The highest BCUT2D eigenvalue weighted by molar-refractivity contribution is 9.10. The topological polar surface area (TPSA) is 29.9 Å². The fraction of sp³-hybridized carbons (Fsp3) is 0.471. The van der Waals surface area contributed by atoms with Gasteiger partial charge in [-0.15, -0.1) is 0 Å². The zero-order chi connectivity index (χ0) is 15.4. The lowest BCUT2D eigenvalue weighted by atomic mass is 10.0. The van der Waals surface area contributed by atoms with E-state index in [1.165, 1.54) is 22.5 Å². The zero-order valence-electron chi connectivity index (χ0n) is 13.3. The predicted molar refractivity (Wildman–Crippen MR) is 92.9 cm³/mol. The fourth-order valence-electron chi connectivity index (χ4n) is 2.68. The van der Waals surface area contributed by atoms with Crippen molar-refractivity contribution in [1.29, 1.82) is 0 Å². The summed E-state index contributed by atoms with van der Waals surface area (Å²) in [5.41, 5.74) is 6.31. The van der Waals surface area contributed by atoms with Crippen molar-refractivity contribution in [3.63, 3.8) is 0 Å². The van der Waals surface area contributed by atoms with Gasteiger partial charge in [-0.25, -0.2) is 0 Å². The third kappa shape index (κ3) is 3.31. The van der Waals surface area contributed by atoms with Crippen LogP contribution in [0.1, 0.15) is 43.3 Å². The first-order valence-corrected chi connectivity index (χ1v) is 8.47. The Labute approximate surface area is 135 Å². The molecule has 0 radical (unpaired) electrons. The molecule has 3 nitrogen and oxygen atoms in total. The van der Waals surface area contributed by atoms with Crippen LogP contribution < -0.4 is 5.32 Å². The maximum absolute atomic E-state index is 4.56. The molecule has 0 atom stereocenters. The molecule has 1 aromatic heterocycles. The third-order valence-electron chi connectivity index (χ3n) is 3.88. The minimum Gasteiger partial charge on any atom is -0.379 e. The van der Waals surface area contributed by atoms with Gasteiger partial charge >= 0.3 is 0 Å². The van der Waals surface area contributed by atoms with Gasteiger partial charge in [0.2, 0.25) is 0 Å². The standard InChI is InChI=1S/C17H24BrN3/c1-5-13-9-8-10-14(6-2)17(13)19-11-15-16(18)12(4)20-21(15)7-3/h8-10,19H,5-7,11H2,1-4H3.